The van der Waals surface area contributed by atoms with Gasteiger partial charge in [0.1, 0.15) is 12.1 Å². The van der Waals surface area contributed by atoms with E-state index >= 15 is 0 Å². The van der Waals surface area contributed by atoms with Crippen LogP contribution in [0.15, 0.2) is 18.5 Å². The van der Waals surface area contributed by atoms with Crippen LogP contribution in [0, 0.1) is 5.92 Å². The van der Waals surface area contributed by atoms with E-state index in [0.717, 1.165) is 70.1 Å². The van der Waals surface area contributed by atoms with Crippen molar-refractivity contribution in [2.24, 2.45) is 5.92 Å². The average molecular weight is 343 g/mol. The SMILES string of the molecule is CCN1CCN(C(=O)C2CCN(c3ccc4nncn4n3)CC2)CC1. The first-order chi connectivity index (χ1) is 12.2. The van der Waals surface area contributed by atoms with Crippen molar-refractivity contribution in [1.29, 1.82) is 0 Å². The average Bonchev–Trinajstić information content (AvgIpc) is 3.15. The van der Waals surface area contributed by atoms with Crippen LogP contribution in [0.5, 0.6) is 0 Å². The molecule has 0 unspecified atom stereocenters. The Labute approximate surface area is 147 Å². The maximum Gasteiger partial charge on any atom is 0.225 e. The van der Waals surface area contributed by atoms with Gasteiger partial charge in [0.25, 0.3) is 0 Å². The van der Waals surface area contributed by atoms with Crippen LogP contribution in [-0.4, -0.2) is 81.3 Å². The fraction of sp³-hybridized carbons (Fsp3) is 0.647. The molecular formula is C17H25N7O. The lowest BCUT2D eigenvalue weighted by molar-refractivity contribution is -0.137. The Kier molecular flexibility index (Phi) is 4.52. The van der Waals surface area contributed by atoms with Crippen molar-refractivity contribution in [3.8, 4) is 0 Å². The summed E-state index contributed by atoms with van der Waals surface area (Å²) in [6.45, 7) is 8.74. The van der Waals surface area contributed by atoms with Gasteiger partial charge in [-0.05, 0) is 31.5 Å². The van der Waals surface area contributed by atoms with Gasteiger partial charge in [-0.25, -0.2) is 0 Å². The molecule has 4 heterocycles. The van der Waals surface area contributed by atoms with Crippen molar-refractivity contribution in [1.82, 2.24) is 29.6 Å². The molecule has 0 bridgehead atoms. The first-order valence-corrected chi connectivity index (χ1v) is 9.18. The summed E-state index contributed by atoms with van der Waals surface area (Å²) in [5.74, 6) is 1.43. The van der Waals surface area contributed by atoms with Crippen LogP contribution in [0.25, 0.3) is 5.65 Å². The third kappa shape index (κ3) is 3.30. The van der Waals surface area contributed by atoms with Gasteiger partial charge in [0.2, 0.25) is 5.91 Å². The van der Waals surface area contributed by atoms with Crippen LogP contribution in [-0.2, 0) is 4.79 Å². The highest BCUT2D eigenvalue weighted by Crippen LogP contribution is 2.24. The molecule has 2 aliphatic heterocycles. The van der Waals surface area contributed by atoms with Crippen LogP contribution in [0.3, 0.4) is 0 Å². The summed E-state index contributed by atoms with van der Waals surface area (Å²) in [7, 11) is 0. The van der Waals surface area contributed by atoms with E-state index in [9.17, 15) is 4.79 Å². The molecule has 0 atom stereocenters. The standard InChI is InChI=1S/C17H25N7O/c1-2-21-9-11-23(12-10-21)17(25)14-5-7-22(8-6-14)16-4-3-15-19-18-13-24(15)20-16/h3-4,13-14H,2,5-12H2,1H3. The highest BCUT2D eigenvalue weighted by atomic mass is 16.2. The molecule has 0 aromatic carbocycles. The number of piperazine rings is 1. The maximum atomic E-state index is 12.8. The Balaban J connectivity index is 1.34. The Morgan fingerprint density at radius 2 is 1.88 bits per heavy atom. The number of piperidine rings is 1. The Morgan fingerprint density at radius 1 is 1.12 bits per heavy atom. The topological polar surface area (TPSA) is 69.9 Å². The number of likely N-dealkylation sites (N-methyl/N-ethyl adjacent to an activating group) is 1. The van der Waals surface area contributed by atoms with Crippen LogP contribution < -0.4 is 4.90 Å². The lowest BCUT2D eigenvalue weighted by Gasteiger charge is -2.38. The van der Waals surface area contributed by atoms with Crippen molar-refractivity contribution in [3.05, 3.63) is 18.5 Å². The third-order valence-electron chi connectivity index (χ3n) is 5.45. The highest BCUT2D eigenvalue weighted by Gasteiger charge is 2.30. The summed E-state index contributed by atoms with van der Waals surface area (Å²) in [4.78, 5) is 19.5. The molecule has 8 nitrogen and oxygen atoms in total. The molecule has 2 aromatic rings. The summed E-state index contributed by atoms with van der Waals surface area (Å²) in [5, 5.41) is 12.4. The molecule has 25 heavy (non-hydrogen) atoms. The van der Waals surface area contributed by atoms with E-state index < -0.39 is 0 Å². The smallest absolute Gasteiger partial charge is 0.225 e. The van der Waals surface area contributed by atoms with Gasteiger partial charge in [-0.1, -0.05) is 6.92 Å². The predicted molar refractivity (Wildman–Crippen MR) is 94.4 cm³/mol. The van der Waals surface area contributed by atoms with Crippen LogP contribution in [0.1, 0.15) is 19.8 Å². The molecular weight excluding hydrogens is 318 g/mol. The zero-order chi connectivity index (χ0) is 17.2. The Hall–Kier alpha value is -2.22. The monoisotopic (exact) mass is 343 g/mol. The second-order valence-corrected chi connectivity index (χ2v) is 6.85. The quantitative estimate of drug-likeness (QED) is 0.809. The molecule has 0 aliphatic carbocycles. The number of carbonyl (C=O) groups excluding carboxylic acids is 1. The lowest BCUT2D eigenvalue weighted by atomic mass is 9.95. The molecule has 2 aliphatic rings. The number of fused-ring (bicyclic) bond motifs is 1. The number of rotatable bonds is 3. The maximum absolute atomic E-state index is 12.8. The van der Waals surface area contributed by atoms with Crippen LogP contribution >= 0.6 is 0 Å². The highest BCUT2D eigenvalue weighted by molar-refractivity contribution is 5.79. The van der Waals surface area contributed by atoms with E-state index in [1.807, 2.05) is 12.1 Å². The number of carbonyl (C=O) groups is 1. The summed E-state index contributed by atoms with van der Waals surface area (Å²) < 4.78 is 1.69. The summed E-state index contributed by atoms with van der Waals surface area (Å²) >= 11 is 0. The van der Waals surface area contributed by atoms with E-state index in [1.165, 1.54) is 0 Å². The molecule has 2 saturated heterocycles. The largest absolute Gasteiger partial charge is 0.355 e. The van der Waals surface area contributed by atoms with Crippen LogP contribution in [0.4, 0.5) is 5.82 Å². The van der Waals surface area contributed by atoms with Gasteiger partial charge in [0.05, 0.1) is 0 Å². The summed E-state index contributed by atoms with van der Waals surface area (Å²) in [6.07, 6.45) is 3.41. The second-order valence-electron chi connectivity index (χ2n) is 6.85. The lowest BCUT2D eigenvalue weighted by Crippen LogP contribution is -2.51. The number of hydrogen-bond donors (Lipinski definition) is 0. The molecule has 8 heteroatoms. The zero-order valence-corrected chi connectivity index (χ0v) is 14.7. The molecule has 2 fully saturated rings. The van der Waals surface area contributed by atoms with Crippen molar-refractivity contribution < 1.29 is 4.79 Å². The Morgan fingerprint density at radius 3 is 2.60 bits per heavy atom. The molecule has 0 saturated carbocycles. The summed E-state index contributed by atoms with van der Waals surface area (Å²) in [5.41, 5.74) is 0.750. The van der Waals surface area contributed by atoms with Gasteiger partial charge in [-0.2, -0.15) is 4.52 Å². The van der Waals surface area contributed by atoms with Gasteiger partial charge in [-0.3, -0.25) is 4.79 Å². The third-order valence-corrected chi connectivity index (χ3v) is 5.45. The molecule has 0 N–H and O–H groups in total. The van der Waals surface area contributed by atoms with Crippen molar-refractivity contribution in [3.63, 3.8) is 0 Å². The minimum absolute atomic E-state index is 0.156. The van der Waals surface area contributed by atoms with E-state index in [1.54, 1.807) is 10.8 Å². The Bertz CT molecular complexity index is 729. The van der Waals surface area contributed by atoms with Gasteiger partial charge < -0.3 is 14.7 Å². The van der Waals surface area contributed by atoms with Gasteiger partial charge in [0, 0.05) is 45.2 Å². The number of amides is 1. The molecule has 134 valence electrons. The molecule has 0 radical (unpaired) electrons. The molecule has 1 amide bonds. The molecule has 2 aromatic heterocycles. The zero-order valence-electron chi connectivity index (χ0n) is 14.7. The normalized spacial score (nSPS) is 20.4. The minimum Gasteiger partial charge on any atom is -0.355 e. The number of nitrogens with zero attached hydrogens (tertiary/aromatic N) is 7. The van der Waals surface area contributed by atoms with Gasteiger partial charge >= 0.3 is 0 Å². The first-order valence-electron chi connectivity index (χ1n) is 9.18. The molecule has 0 spiro atoms. The fourth-order valence-corrected chi connectivity index (χ4v) is 3.79. The predicted octanol–water partition coefficient (Wildman–Crippen LogP) is 0.505. The summed E-state index contributed by atoms with van der Waals surface area (Å²) in [6, 6.07) is 3.91. The van der Waals surface area contributed by atoms with E-state index in [2.05, 4.69) is 36.9 Å². The minimum atomic E-state index is 0.156. The van der Waals surface area contributed by atoms with E-state index in [-0.39, 0.29) is 5.92 Å². The van der Waals surface area contributed by atoms with Gasteiger partial charge in [-0.15, -0.1) is 15.3 Å². The first kappa shape index (κ1) is 16.3. The fourth-order valence-electron chi connectivity index (χ4n) is 3.79. The number of anilines is 1. The second kappa shape index (κ2) is 6.95. The van der Waals surface area contributed by atoms with E-state index in [4.69, 9.17) is 0 Å². The van der Waals surface area contributed by atoms with Crippen molar-refractivity contribution >= 4 is 17.4 Å². The van der Waals surface area contributed by atoms with Crippen LogP contribution in [0.2, 0.25) is 0 Å². The molecule has 4 rings (SSSR count). The number of hydrogen-bond acceptors (Lipinski definition) is 6. The van der Waals surface area contributed by atoms with Gasteiger partial charge in [0.15, 0.2) is 5.65 Å². The van der Waals surface area contributed by atoms with Crippen molar-refractivity contribution in [2.75, 3.05) is 50.7 Å². The van der Waals surface area contributed by atoms with E-state index in [0.29, 0.717) is 5.91 Å². The number of aromatic nitrogens is 4. The van der Waals surface area contributed by atoms with Crippen molar-refractivity contribution in [2.45, 2.75) is 19.8 Å².